The van der Waals surface area contributed by atoms with Crippen molar-refractivity contribution in [2.75, 3.05) is 0 Å². The Hall–Kier alpha value is -1.35. The van der Waals surface area contributed by atoms with Crippen molar-refractivity contribution in [2.24, 2.45) is 13.0 Å². The molecule has 1 heterocycles. The van der Waals surface area contributed by atoms with E-state index in [4.69, 9.17) is 0 Å². The number of aryl methyl sites for hydroxylation is 1. The number of nitrogens with zero attached hydrogens (tertiary/aromatic N) is 2. The lowest BCUT2D eigenvalue weighted by Gasteiger charge is -2.22. The fraction of sp³-hybridized carbons (Fsp3) is 0.533. The van der Waals surface area contributed by atoms with Crippen LogP contribution in [0.25, 0.3) is 11.0 Å². The minimum Gasteiger partial charge on any atom is -0.389 e. The van der Waals surface area contributed by atoms with E-state index in [0.29, 0.717) is 12.3 Å². The number of aromatic nitrogens is 2. The molecule has 2 atom stereocenters. The lowest BCUT2D eigenvalue weighted by molar-refractivity contribution is 0.0421. The SMILES string of the molecule is CC1CCC(O)(Cc2nc3ccccc3n2C)C1. The maximum Gasteiger partial charge on any atom is 0.112 e. The first kappa shape index (κ1) is 11.7. The van der Waals surface area contributed by atoms with Crippen molar-refractivity contribution >= 4 is 11.0 Å². The standard InChI is InChI=1S/C15H20N2O/c1-11-7-8-15(18,9-11)10-14-16-12-5-3-4-6-13(12)17(14)2/h3-6,11,18H,7-10H2,1-2H3. The molecule has 0 radical (unpaired) electrons. The Bertz CT molecular complexity index is 575. The van der Waals surface area contributed by atoms with Gasteiger partial charge in [0, 0.05) is 13.5 Å². The molecule has 3 rings (SSSR count). The molecule has 3 heteroatoms. The van der Waals surface area contributed by atoms with Crippen molar-refractivity contribution in [3.05, 3.63) is 30.1 Å². The van der Waals surface area contributed by atoms with Gasteiger partial charge in [0.1, 0.15) is 5.82 Å². The first-order valence-corrected chi connectivity index (χ1v) is 6.70. The highest BCUT2D eigenvalue weighted by Crippen LogP contribution is 2.36. The van der Waals surface area contributed by atoms with Gasteiger partial charge < -0.3 is 9.67 Å². The third-order valence-electron chi connectivity index (χ3n) is 4.20. The van der Waals surface area contributed by atoms with E-state index in [1.807, 2.05) is 25.2 Å². The van der Waals surface area contributed by atoms with Gasteiger partial charge in [-0.15, -0.1) is 0 Å². The maximum atomic E-state index is 10.6. The van der Waals surface area contributed by atoms with Crippen molar-refractivity contribution < 1.29 is 5.11 Å². The second kappa shape index (κ2) is 4.09. The molecular weight excluding hydrogens is 224 g/mol. The molecule has 1 saturated carbocycles. The highest BCUT2D eigenvalue weighted by atomic mass is 16.3. The molecule has 2 aromatic rings. The topological polar surface area (TPSA) is 38.1 Å². The summed E-state index contributed by atoms with van der Waals surface area (Å²) in [5.41, 5.74) is 1.61. The van der Waals surface area contributed by atoms with E-state index in [0.717, 1.165) is 36.1 Å². The number of rotatable bonds is 2. The van der Waals surface area contributed by atoms with E-state index in [-0.39, 0.29) is 0 Å². The van der Waals surface area contributed by atoms with Gasteiger partial charge in [0.2, 0.25) is 0 Å². The zero-order chi connectivity index (χ0) is 12.8. The largest absolute Gasteiger partial charge is 0.389 e. The molecule has 0 saturated heterocycles. The monoisotopic (exact) mass is 244 g/mol. The first-order chi connectivity index (χ1) is 8.57. The molecular formula is C15H20N2O. The molecule has 1 N–H and O–H groups in total. The Kier molecular flexibility index (Phi) is 2.67. The van der Waals surface area contributed by atoms with Crippen molar-refractivity contribution in [3.8, 4) is 0 Å². The highest BCUT2D eigenvalue weighted by molar-refractivity contribution is 5.75. The fourth-order valence-electron chi connectivity index (χ4n) is 3.18. The van der Waals surface area contributed by atoms with Crippen LogP contribution in [-0.2, 0) is 13.5 Å². The molecule has 1 aliphatic rings. The predicted molar refractivity (Wildman–Crippen MR) is 72.4 cm³/mol. The average Bonchev–Trinajstić information content (AvgIpc) is 2.82. The van der Waals surface area contributed by atoms with Crippen LogP contribution < -0.4 is 0 Å². The van der Waals surface area contributed by atoms with Crippen LogP contribution in [0.5, 0.6) is 0 Å². The van der Waals surface area contributed by atoms with E-state index in [9.17, 15) is 5.11 Å². The number of fused-ring (bicyclic) bond motifs is 1. The highest BCUT2D eigenvalue weighted by Gasteiger charge is 2.36. The van der Waals surface area contributed by atoms with Crippen molar-refractivity contribution in [3.63, 3.8) is 0 Å². The number of imidazole rings is 1. The third kappa shape index (κ3) is 1.93. The third-order valence-corrected chi connectivity index (χ3v) is 4.20. The van der Waals surface area contributed by atoms with Crippen molar-refractivity contribution in [2.45, 2.75) is 38.2 Å². The molecule has 0 amide bonds. The van der Waals surface area contributed by atoms with E-state index in [1.54, 1.807) is 0 Å². The van der Waals surface area contributed by atoms with Crippen LogP contribution in [0, 0.1) is 5.92 Å². The molecule has 1 fully saturated rings. The van der Waals surface area contributed by atoms with Gasteiger partial charge in [0.15, 0.2) is 0 Å². The van der Waals surface area contributed by atoms with Crippen LogP contribution in [0.3, 0.4) is 0 Å². The molecule has 96 valence electrons. The summed E-state index contributed by atoms with van der Waals surface area (Å²) < 4.78 is 2.11. The molecule has 2 unspecified atom stereocenters. The Morgan fingerprint density at radius 2 is 2.22 bits per heavy atom. The summed E-state index contributed by atoms with van der Waals surface area (Å²) in [7, 11) is 2.03. The zero-order valence-electron chi connectivity index (χ0n) is 11.1. The van der Waals surface area contributed by atoms with Crippen LogP contribution in [0.1, 0.15) is 32.0 Å². The molecule has 0 bridgehead atoms. The van der Waals surface area contributed by atoms with E-state index < -0.39 is 5.60 Å². The molecule has 1 aromatic carbocycles. The lowest BCUT2D eigenvalue weighted by atomic mass is 9.96. The van der Waals surface area contributed by atoms with Crippen LogP contribution in [0.4, 0.5) is 0 Å². The summed E-state index contributed by atoms with van der Waals surface area (Å²) in [6.07, 6.45) is 3.59. The van der Waals surface area contributed by atoms with E-state index in [2.05, 4.69) is 22.5 Å². The summed E-state index contributed by atoms with van der Waals surface area (Å²) in [5, 5.41) is 10.6. The Morgan fingerprint density at radius 3 is 2.89 bits per heavy atom. The number of benzene rings is 1. The molecule has 1 aliphatic carbocycles. The Balaban J connectivity index is 1.93. The maximum absolute atomic E-state index is 10.6. The van der Waals surface area contributed by atoms with Gasteiger partial charge in [-0.2, -0.15) is 0 Å². The second-order valence-corrected chi connectivity index (χ2v) is 5.82. The van der Waals surface area contributed by atoms with E-state index >= 15 is 0 Å². The van der Waals surface area contributed by atoms with Gasteiger partial charge in [0.25, 0.3) is 0 Å². The fourth-order valence-corrected chi connectivity index (χ4v) is 3.18. The lowest BCUT2D eigenvalue weighted by Crippen LogP contribution is -2.29. The number of hydrogen-bond acceptors (Lipinski definition) is 2. The summed E-state index contributed by atoms with van der Waals surface area (Å²) in [5.74, 6) is 1.62. The van der Waals surface area contributed by atoms with Crippen LogP contribution in [0.15, 0.2) is 24.3 Å². The van der Waals surface area contributed by atoms with Gasteiger partial charge in [0.05, 0.1) is 16.6 Å². The zero-order valence-corrected chi connectivity index (χ0v) is 11.1. The quantitative estimate of drug-likeness (QED) is 0.882. The smallest absolute Gasteiger partial charge is 0.112 e. The molecule has 0 spiro atoms. The number of hydrogen-bond donors (Lipinski definition) is 1. The second-order valence-electron chi connectivity index (χ2n) is 5.82. The predicted octanol–water partition coefficient (Wildman–Crippen LogP) is 2.67. The van der Waals surface area contributed by atoms with Gasteiger partial charge in [-0.25, -0.2) is 4.98 Å². The number of aliphatic hydroxyl groups is 1. The summed E-state index contributed by atoms with van der Waals surface area (Å²) in [4.78, 5) is 4.65. The molecule has 18 heavy (non-hydrogen) atoms. The Morgan fingerprint density at radius 1 is 1.44 bits per heavy atom. The van der Waals surface area contributed by atoms with Gasteiger partial charge in [-0.3, -0.25) is 0 Å². The summed E-state index contributed by atoms with van der Waals surface area (Å²) >= 11 is 0. The van der Waals surface area contributed by atoms with Crippen molar-refractivity contribution in [1.82, 2.24) is 9.55 Å². The summed E-state index contributed by atoms with van der Waals surface area (Å²) in [6, 6.07) is 8.14. The van der Waals surface area contributed by atoms with Crippen LogP contribution in [0.2, 0.25) is 0 Å². The Labute approximate surface area is 107 Å². The minimum absolute atomic E-state index is 0.547. The molecule has 1 aromatic heterocycles. The van der Waals surface area contributed by atoms with Gasteiger partial charge >= 0.3 is 0 Å². The van der Waals surface area contributed by atoms with Crippen molar-refractivity contribution in [1.29, 1.82) is 0 Å². The van der Waals surface area contributed by atoms with E-state index in [1.165, 1.54) is 0 Å². The van der Waals surface area contributed by atoms with Crippen LogP contribution in [-0.4, -0.2) is 20.3 Å². The van der Waals surface area contributed by atoms with Gasteiger partial charge in [-0.1, -0.05) is 19.1 Å². The normalized spacial score (nSPS) is 28.1. The molecule has 3 nitrogen and oxygen atoms in total. The average molecular weight is 244 g/mol. The van der Waals surface area contributed by atoms with Crippen LogP contribution >= 0.6 is 0 Å². The minimum atomic E-state index is -0.547. The summed E-state index contributed by atoms with van der Waals surface area (Å²) in [6.45, 7) is 2.22. The van der Waals surface area contributed by atoms with Gasteiger partial charge in [-0.05, 0) is 37.3 Å². The number of para-hydroxylation sites is 2. The first-order valence-electron chi connectivity index (χ1n) is 6.70. The molecule has 0 aliphatic heterocycles.